The van der Waals surface area contributed by atoms with E-state index in [9.17, 15) is 4.79 Å². The summed E-state index contributed by atoms with van der Waals surface area (Å²) in [6, 6.07) is 0.526. The van der Waals surface area contributed by atoms with Gasteiger partial charge in [0.05, 0.1) is 6.04 Å². The molecule has 0 aromatic carbocycles. The van der Waals surface area contributed by atoms with Gasteiger partial charge in [-0.15, -0.1) is 0 Å². The highest BCUT2D eigenvalue weighted by Gasteiger charge is 2.30. The molecule has 2 rings (SSSR count). The third-order valence-corrected chi connectivity index (χ3v) is 3.71. The topological polar surface area (TPSA) is 42.9 Å². The first-order valence-corrected chi connectivity index (χ1v) is 6.26. The summed E-state index contributed by atoms with van der Waals surface area (Å²) in [7, 11) is 0. The monoisotopic (exact) mass is 212 g/mol. The number of ether oxygens (including phenoxy) is 1. The van der Waals surface area contributed by atoms with Gasteiger partial charge in [-0.1, -0.05) is 6.92 Å². The van der Waals surface area contributed by atoms with Crippen LogP contribution in [0, 0.1) is 5.92 Å². The maximum absolute atomic E-state index is 11.8. The van der Waals surface area contributed by atoms with E-state index >= 15 is 0 Å². The first kappa shape index (κ1) is 11.1. The van der Waals surface area contributed by atoms with Crippen molar-refractivity contribution in [3.05, 3.63) is 0 Å². The van der Waals surface area contributed by atoms with Gasteiger partial charge in [-0.2, -0.15) is 0 Å². The van der Waals surface area contributed by atoms with Crippen LogP contribution < -0.4 is 5.32 Å². The Labute approximate surface area is 91.6 Å². The molecule has 0 aromatic rings. The molecule has 15 heavy (non-hydrogen) atoms. The van der Waals surface area contributed by atoms with E-state index in [1.165, 1.54) is 25.7 Å². The van der Waals surface area contributed by atoms with Crippen molar-refractivity contribution in [1.82, 2.24) is 0 Å². The highest BCUT2D eigenvalue weighted by Crippen LogP contribution is 2.21. The lowest BCUT2D eigenvalue weighted by Gasteiger charge is -2.24. The lowest BCUT2D eigenvalue weighted by molar-refractivity contribution is -0.612. The standard InChI is InChI=1S/C12H21NO2/c1-9-4-6-10(7-5-9)13-12(14)11-3-2-8-15-11/h9-11H,2-8H2,1H3,(H,13,14)/p+1. The van der Waals surface area contributed by atoms with Crippen molar-refractivity contribution in [1.29, 1.82) is 0 Å². The van der Waals surface area contributed by atoms with Crippen LogP contribution in [-0.4, -0.2) is 24.7 Å². The van der Waals surface area contributed by atoms with Gasteiger partial charge in [0.15, 0.2) is 6.10 Å². The van der Waals surface area contributed by atoms with Gasteiger partial charge in [0.2, 0.25) is 0 Å². The van der Waals surface area contributed by atoms with E-state index in [4.69, 9.17) is 4.74 Å². The van der Waals surface area contributed by atoms with Crippen LogP contribution in [0.5, 0.6) is 0 Å². The van der Waals surface area contributed by atoms with Crippen LogP contribution in [-0.2, 0) is 9.53 Å². The number of amides is 1. The Kier molecular flexibility index (Phi) is 3.76. The second-order valence-corrected chi connectivity index (χ2v) is 5.09. The smallest absolute Gasteiger partial charge is 0.339 e. The molecule has 2 aliphatic rings. The predicted octanol–water partition coefficient (Wildman–Crippen LogP) is 0.834. The van der Waals surface area contributed by atoms with Gasteiger partial charge >= 0.3 is 5.91 Å². The highest BCUT2D eigenvalue weighted by molar-refractivity contribution is 5.71. The van der Waals surface area contributed by atoms with E-state index in [2.05, 4.69) is 6.92 Å². The molecule has 1 saturated carbocycles. The average molecular weight is 212 g/mol. The van der Waals surface area contributed by atoms with E-state index in [-0.39, 0.29) is 12.0 Å². The molecule has 1 atom stereocenters. The molecule has 0 aromatic heterocycles. The summed E-state index contributed by atoms with van der Waals surface area (Å²) in [5.41, 5.74) is 0. The lowest BCUT2D eigenvalue weighted by Crippen LogP contribution is -2.95. The fourth-order valence-corrected chi connectivity index (χ4v) is 2.59. The van der Waals surface area contributed by atoms with Crippen molar-refractivity contribution < 1.29 is 14.8 Å². The van der Waals surface area contributed by atoms with Crippen molar-refractivity contribution in [2.24, 2.45) is 5.92 Å². The normalized spacial score (nSPS) is 36.7. The lowest BCUT2D eigenvalue weighted by atomic mass is 9.87. The third kappa shape index (κ3) is 3.02. The molecule has 86 valence electrons. The summed E-state index contributed by atoms with van der Waals surface area (Å²) in [6.07, 6.45) is 6.81. The molecule has 1 unspecified atom stereocenters. The predicted molar refractivity (Wildman–Crippen MR) is 57.3 cm³/mol. The average Bonchev–Trinajstić information content (AvgIpc) is 2.74. The van der Waals surface area contributed by atoms with Crippen LogP contribution in [0.25, 0.3) is 0 Å². The number of carbonyl (C=O) groups excluding carboxylic acids is 1. The molecule has 0 spiro atoms. The molecule has 0 bridgehead atoms. The molecule has 1 aliphatic carbocycles. The minimum absolute atomic E-state index is 0.107. The largest absolute Gasteiger partial charge is 0.364 e. The molecular formula is C12H22NO2+. The van der Waals surface area contributed by atoms with Crippen LogP contribution in [0.1, 0.15) is 45.4 Å². The zero-order chi connectivity index (χ0) is 10.7. The van der Waals surface area contributed by atoms with Gasteiger partial charge in [-0.25, -0.2) is 4.79 Å². The van der Waals surface area contributed by atoms with Gasteiger partial charge in [0, 0.05) is 19.4 Å². The zero-order valence-electron chi connectivity index (χ0n) is 9.58. The van der Waals surface area contributed by atoms with Crippen LogP contribution in [0.4, 0.5) is 0 Å². The maximum Gasteiger partial charge on any atom is 0.339 e. The number of rotatable bonds is 2. The maximum atomic E-state index is 11.8. The molecule has 1 amide bonds. The van der Waals surface area contributed by atoms with Crippen LogP contribution in [0.2, 0.25) is 0 Å². The molecule has 2 N–H and O–H groups in total. The Morgan fingerprint density at radius 1 is 1.20 bits per heavy atom. The molecule has 1 saturated heterocycles. The summed E-state index contributed by atoms with van der Waals surface area (Å²) in [5, 5.41) is 1.95. The number of hydrogen-bond donors (Lipinski definition) is 1. The van der Waals surface area contributed by atoms with E-state index in [1.54, 1.807) is 0 Å². The Morgan fingerprint density at radius 3 is 2.53 bits per heavy atom. The first-order valence-electron chi connectivity index (χ1n) is 6.26. The van der Waals surface area contributed by atoms with Crippen molar-refractivity contribution in [2.45, 2.75) is 57.6 Å². The summed E-state index contributed by atoms with van der Waals surface area (Å²) < 4.78 is 5.40. The number of nitrogens with two attached hydrogens (primary N) is 1. The summed E-state index contributed by atoms with van der Waals surface area (Å²) in [4.78, 5) is 11.8. The summed E-state index contributed by atoms with van der Waals surface area (Å²) >= 11 is 0. The minimum atomic E-state index is -0.107. The van der Waals surface area contributed by atoms with Crippen LogP contribution in [0.15, 0.2) is 0 Å². The van der Waals surface area contributed by atoms with Crippen LogP contribution >= 0.6 is 0 Å². The van der Waals surface area contributed by atoms with Gasteiger partial charge in [-0.05, 0) is 31.6 Å². The fraction of sp³-hybridized carbons (Fsp3) is 0.917. The van der Waals surface area contributed by atoms with Crippen molar-refractivity contribution in [3.8, 4) is 0 Å². The molecule has 3 nitrogen and oxygen atoms in total. The Morgan fingerprint density at radius 2 is 1.93 bits per heavy atom. The van der Waals surface area contributed by atoms with E-state index < -0.39 is 0 Å². The molecule has 0 radical (unpaired) electrons. The van der Waals surface area contributed by atoms with Gasteiger partial charge in [0.25, 0.3) is 0 Å². The Balaban J connectivity index is 1.74. The summed E-state index contributed by atoms with van der Waals surface area (Å²) in [5.74, 6) is 1.10. The van der Waals surface area contributed by atoms with Gasteiger partial charge in [0.1, 0.15) is 0 Å². The molecule has 1 aliphatic heterocycles. The van der Waals surface area contributed by atoms with Gasteiger partial charge in [-0.3, -0.25) is 5.32 Å². The second-order valence-electron chi connectivity index (χ2n) is 5.09. The van der Waals surface area contributed by atoms with Crippen molar-refractivity contribution in [2.75, 3.05) is 6.61 Å². The van der Waals surface area contributed by atoms with Crippen LogP contribution in [0.3, 0.4) is 0 Å². The molecular weight excluding hydrogens is 190 g/mol. The van der Waals surface area contributed by atoms with Gasteiger partial charge < -0.3 is 4.74 Å². The highest BCUT2D eigenvalue weighted by atomic mass is 16.5. The Bertz CT molecular complexity index is 216. The molecule has 2 fully saturated rings. The summed E-state index contributed by atoms with van der Waals surface area (Å²) in [6.45, 7) is 3.07. The Hall–Kier alpha value is -0.410. The third-order valence-electron chi connectivity index (χ3n) is 3.71. The number of hydrogen-bond acceptors (Lipinski definition) is 2. The molecule has 1 heterocycles. The minimum Gasteiger partial charge on any atom is -0.364 e. The number of primary amides is 1. The zero-order valence-corrected chi connectivity index (χ0v) is 9.58. The van der Waals surface area contributed by atoms with Crippen molar-refractivity contribution in [3.63, 3.8) is 0 Å². The van der Waals surface area contributed by atoms with Crippen molar-refractivity contribution >= 4 is 5.91 Å². The van der Waals surface area contributed by atoms with E-state index in [0.717, 1.165) is 25.4 Å². The number of quaternary nitrogens is 1. The first-order chi connectivity index (χ1) is 7.25. The van der Waals surface area contributed by atoms with E-state index in [1.807, 2.05) is 5.32 Å². The fourth-order valence-electron chi connectivity index (χ4n) is 2.59. The second kappa shape index (κ2) is 5.08. The molecule has 3 heteroatoms. The number of carbonyl (C=O) groups is 1. The SMILES string of the molecule is CC1CCC([NH2+]C(=O)C2CCCO2)CC1. The quantitative estimate of drug-likeness (QED) is 0.737. The van der Waals surface area contributed by atoms with E-state index in [0.29, 0.717) is 6.04 Å².